The summed E-state index contributed by atoms with van der Waals surface area (Å²) in [5.74, 6) is 0.706. The second-order valence-corrected chi connectivity index (χ2v) is 5.42. The first-order chi connectivity index (χ1) is 9.61. The van der Waals surface area contributed by atoms with Crippen LogP contribution >= 0.6 is 11.6 Å². The number of anilines is 1. The summed E-state index contributed by atoms with van der Waals surface area (Å²) in [6, 6.07) is 0.948. The lowest BCUT2D eigenvalue weighted by atomic mass is 10.2. The topological polar surface area (TPSA) is 59.5 Å². The Balaban J connectivity index is 2.18. The van der Waals surface area contributed by atoms with E-state index in [1.807, 2.05) is 0 Å². The summed E-state index contributed by atoms with van der Waals surface area (Å²) < 4.78 is 10.6. The quantitative estimate of drug-likeness (QED) is 0.885. The van der Waals surface area contributed by atoms with Gasteiger partial charge in [0.1, 0.15) is 5.02 Å². The van der Waals surface area contributed by atoms with E-state index in [9.17, 15) is 0 Å². The predicted molar refractivity (Wildman–Crippen MR) is 78.7 cm³/mol. The van der Waals surface area contributed by atoms with E-state index < -0.39 is 0 Å². The zero-order valence-electron chi connectivity index (χ0n) is 12.1. The van der Waals surface area contributed by atoms with E-state index in [4.69, 9.17) is 21.1 Å². The van der Waals surface area contributed by atoms with E-state index in [0.29, 0.717) is 36.1 Å². The molecule has 6 nitrogen and oxygen atoms in total. The molecule has 0 bridgehead atoms. The number of hydrogen-bond acceptors (Lipinski definition) is 6. The van der Waals surface area contributed by atoms with E-state index in [1.165, 1.54) is 0 Å². The van der Waals surface area contributed by atoms with Crippen LogP contribution in [0.5, 0.6) is 6.01 Å². The molecule has 0 aromatic carbocycles. The lowest BCUT2D eigenvalue weighted by molar-refractivity contribution is 0.0927. The van der Waals surface area contributed by atoms with Crippen molar-refractivity contribution in [1.82, 2.24) is 15.3 Å². The van der Waals surface area contributed by atoms with E-state index in [1.54, 1.807) is 13.3 Å². The molecule has 1 saturated heterocycles. The van der Waals surface area contributed by atoms with Gasteiger partial charge in [0, 0.05) is 19.1 Å². The molecule has 0 amide bonds. The Morgan fingerprint density at radius 1 is 1.60 bits per heavy atom. The van der Waals surface area contributed by atoms with Crippen molar-refractivity contribution < 1.29 is 9.47 Å². The molecular weight excluding hydrogens is 280 g/mol. The van der Waals surface area contributed by atoms with Crippen molar-refractivity contribution in [3.63, 3.8) is 0 Å². The lowest BCUT2D eigenvalue weighted by Gasteiger charge is -2.37. The molecule has 20 heavy (non-hydrogen) atoms. The number of nitrogens with zero attached hydrogens (tertiary/aromatic N) is 3. The van der Waals surface area contributed by atoms with Crippen molar-refractivity contribution in [1.29, 1.82) is 0 Å². The summed E-state index contributed by atoms with van der Waals surface area (Å²) in [7, 11) is 1.55. The van der Waals surface area contributed by atoms with Crippen LogP contribution in [0.15, 0.2) is 6.20 Å². The summed E-state index contributed by atoms with van der Waals surface area (Å²) in [5, 5.41) is 3.95. The van der Waals surface area contributed by atoms with Crippen molar-refractivity contribution in [2.75, 3.05) is 38.3 Å². The molecule has 1 unspecified atom stereocenters. The zero-order chi connectivity index (χ0) is 14.5. The highest BCUT2D eigenvalue weighted by atomic mass is 35.5. The largest absolute Gasteiger partial charge is 0.467 e. The first-order valence-electron chi connectivity index (χ1n) is 6.76. The summed E-state index contributed by atoms with van der Waals surface area (Å²) >= 11 is 6.23. The SMILES string of the molecule is COc1ncc(Cl)c(N2CCOCC2CNC(C)C)n1. The van der Waals surface area contributed by atoms with Gasteiger partial charge in [-0.2, -0.15) is 4.98 Å². The van der Waals surface area contributed by atoms with Crippen LogP contribution in [-0.4, -0.2) is 55.5 Å². The average molecular weight is 301 g/mol. The van der Waals surface area contributed by atoms with Crippen molar-refractivity contribution in [3.8, 4) is 6.01 Å². The molecule has 0 aliphatic carbocycles. The Kier molecular flexibility index (Phi) is 5.39. The van der Waals surface area contributed by atoms with Crippen molar-refractivity contribution in [2.24, 2.45) is 0 Å². The number of methoxy groups -OCH3 is 1. The smallest absolute Gasteiger partial charge is 0.318 e. The molecule has 112 valence electrons. The van der Waals surface area contributed by atoms with Crippen LogP contribution in [0.25, 0.3) is 0 Å². The Hall–Kier alpha value is -1.11. The van der Waals surface area contributed by atoms with Gasteiger partial charge >= 0.3 is 6.01 Å². The number of morpholine rings is 1. The van der Waals surface area contributed by atoms with Crippen LogP contribution in [0.4, 0.5) is 5.82 Å². The summed E-state index contributed by atoms with van der Waals surface area (Å²) in [4.78, 5) is 10.5. The molecule has 1 aliphatic rings. The molecule has 1 aromatic rings. The van der Waals surface area contributed by atoms with Gasteiger partial charge in [0.2, 0.25) is 0 Å². The van der Waals surface area contributed by atoms with E-state index in [2.05, 4.69) is 34.0 Å². The number of hydrogen-bond donors (Lipinski definition) is 1. The number of ether oxygens (including phenoxy) is 2. The van der Waals surface area contributed by atoms with Crippen molar-refractivity contribution in [3.05, 3.63) is 11.2 Å². The van der Waals surface area contributed by atoms with Gasteiger partial charge in [0.05, 0.1) is 32.6 Å². The maximum absolute atomic E-state index is 6.23. The second-order valence-electron chi connectivity index (χ2n) is 5.01. The predicted octanol–water partition coefficient (Wildman–Crippen LogP) is 1.34. The molecule has 0 radical (unpaired) electrons. The van der Waals surface area contributed by atoms with Crippen LogP contribution in [0, 0.1) is 0 Å². The molecule has 1 fully saturated rings. The summed E-state index contributed by atoms with van der Waals surface area (Å²) in [6.07, 6.45) is 1.57. The fourth-order valence-electron chi connectivity index (χ4n) is 2.12. The molecule has 0 spiro atoms. The molecule has 2 rings (SSSR count). The van der Waals surface area contributed by atoms with Gasteiger partial charge in [-0.3, -0.25) is 0 Å². The minimum Gasteiger partial charge on any atom is -0.467 e. The summed E-state index contributed by atoms with van der Waals surface area (Å²) in [5.41, 5.74) is 0. The fourth-order valence-corrected chi connectivity index (χ4v) is 2.32. The van der Waals surface area contributed by atoms with Crippen LogP contribution in [-0.2, 0) is 4.74 Å². The van der Waals surface area contributed by atoms with Crippen LogP contribution in [0.2, 0.25) is 5.02 Å². The van der Waals surface area contributed by atoms with Gasteiger partial charge in [-0.05, 0) is 0 Å². The third kappa shape index (κ3) is 3.71. The highest BCUT2D eigenvalue weighted by Gasteiger charge is 2.26. The molecule has 7 heteroatoms. The normalized spacial score (nSPS) is 19.4. The number of halogens is 1. The van der Waals surface area contributed by atoms with Gasteiger partial charge in [-0.15, -0.1) is 0 Å². The highest BCUT2D eigenvalue weighted by Crippen LogP contribution is 2.27. The minimum atomic E-state index is 0.197. The number of rotatable bonds is 5. The zero-order valence-corrected chi connectivity index (χ0v) is 12.9. The molecule has 1 aromatic heterocycles. The van der Waals surface area contributed by atoms with Gasteiger partial charge < -0.3 is 19.7 Å². The van der Waals surface area contributed by atoms with E-state index >= 15 is 0 Å². The Morgan fingerprint density at radius 3 is 3.10 bits per heavy atom. The monoisotopic (exact) mass is 300 g/mol. The second kappa shape index (κ2) is 7.06. The maximum Gasteiger partial charge on any atom is 0.318 e. The molecule has 1 N–H and O–H groups in total. The van der Waals surface area contributed by atoms with E-state index in [0.717, 1.165) is 13.1 Å². The summed E-state index contributed by atoms with van der Waals surface area (Å²) in [6.45, 7) is 7.14. The fraction of sp³-hybridized carbons (Fsp3) is 0.692. The van der Waals surface area contributed by atoms with Crippen LogP contribution in [0.1, 0.15) is 13.8 Å². The highest BCUT2D eigenvalue weighted by molar-refractivity contribution is 6.32. The van der Waals surface area contributed by atoms with E-state index in [-0.39, 0.29) is 6.04 Å². The lowest BCUT2D eigenvalue weighted by Crippen LogP contribution is -2.52. The standard InChI is InChI=1S/C13H21ClN4O2/c1-9(2)15-6-10-8-20-5-4-18(10)12-11(14)7-16-13(17-12)19-3/h7,9-10,15H,4-6,8H2,1-3H3. The first-order valence-corrected chi connectivity index (χ1v) is 7.14. The van der Waals surface area contributed by atoms with Gasteiger partial charge in [-0.25, -0.2) is 4.98 Å². The molecular formula is C13H21ClN4O2. The third-order valence-corrected chi connectivity index (χ3v) is 3.41. The third-order valence-electron chi connectivity index (χ3n) is 3.15. The van der Waals surface area contributed by atoms with Gasteiger partial charge in [0.15, 0.2) is 5.82 Å². The minimum absolute atomic E-state index is 0.197. The van der Waals surface area contributed by atoms with Gasteiger partial charge in [-0.1, -0.05) is 25.4 Å². The molecule has 1 aliphatic heterocycles. The Morgan fingerprint density at radius 2 is 2.40 bits per heavy atom. The molecule has 2 heterocycles. The number of nitrogens with one attached hydrogen (secondary N) is 1. The van der Waals surface area contributed by atoms with Crippen molar-refractivity contribution in [2.45, 2.75) is 25.9 Å². The Bertz CT molecular complexity index is 444. The van der Waals surface area contributed by atoms with Crippen LogP contribution in [0.3, 0.4) is 0 Å². The van der Waals surface area contributed by atoms with Gasteiger partial charge in [0.25, 0.3) is 0 Å². The average Bonchev–Trinajstić information content (AvgIpc) is 2.46. The van der Waals surface area contributed by atoms with Crippen molar-refractivity contribution >= 4 is 17.4 Å². The molecule has 0 saturated carbocycles. The first kappa shape index (κ1) is 15.3. The maximum atomic E-state index is 6.23. The van der Waals surface area contributed by atoms with Crippen LogP contribution < -0.4 is 15.0 Å². The number of aromatic nitrogens is 2. The molecule has 1 atom stereocenters. The Labute approximate surface area is 124 Å².